The van der Waals surface area contributed by atoms with E-state index in [2.05, 4.69) is 76.8 Å². The molecule has 0 saturated carbocycles. The molecule has 1 aliphatic heterocycles. The number of ether oxygens (including phenoxy) is 1. The first kappa shape index (κ1) is 21.1. The Hall–Kier alpha value is -1.60. The van der Waals surface area contributed by atoms with Crippen molar-refractivity contribution >= 4 is 0 Å². The molecule has 1 heterocycles. The van der Waals surface area contributed by atoms with Gasteiger partial charge in [-0.25, -0.2) is 0 Å². The lowest BCUT2D eigenvalue weighted by Crippen LogP contribution is -2.28. The van der Waals surface area contributed by atoms with E-state index in [-0.39, 0.29) is 5.60 Å². The van der Waals surface area contributed by atoms with Crippen LogP contribution in [0.1, 0.15) is 71.8 Å². The summed E-state index contributed by atoms with van der Waals surface area (Å²) in [7, 11) is 0. The number of hydrogen-bond donors (Lipinski definition) is 0. The molecule has 0 bridgehead atoms. The van der Waals surface area contributed by atoms with Crippen molar-refractivity contribution in [2.24, 2.45) is 11.8 Å². The van der Waals surface area contributed by atoms with Crippen LogP contribution in [0, 0.1) is 11.8 Å². The molecular formula is C27H38O. The number of rotatable bonds is 3. The molecule has 152 valence electrons. The maximum Gasteiger partial charge on any atom is 0.0926 e. The van der Waals surface area contributed by atoms with Crippen molar-refractivity contribution in [3.05, 3.63) is 71.3 Å². The molecule has 1 fully saturated rings. The number of fused-ring (bicyclic) bond motifs is 1. The van der Waals surface area contributed by atoms with Crippen LogP contribution < -0.4 is 0 Å². The van der Waals surface area contributed by atoms with E-state index in [9.17, 15) is 0 Å². The Labute approximate surface area is 172 Å². The van der Waals surface area contributed by atoms with Gasteiger partial charge in [0.1, 0.15) is 0 Å². The Bertz CT molecular complexity index is 726. The predicted octanol–water partition coefficient (Wildman–Crippen LogP) is 7.44. The normalized spacial score (nSPS) is 35.5. The molecule has 0 aromatic heterocycles. The van der Waals surface area contributed by atoms with Crippen LogP contribution in [0.25, 0.3) is 0 Å². The highest BCUT2D eigenvalue weighted by Gasteiger charge is 2.56. The van der Waals surface area contributed by atoms with E-state index < -0.39 is 0 Å². The molecule has 1 heteroatoms. The standard InChI is InChI=1S/C27H38O/c1-20(2)24-17-16-22(4)12-9-11-21(3)13-10-18-27(5)26(28-27)25(24)19-23-14-7-6-8-15-23/h6-8,12-15,24-26H,1,9-11,16-19H2,2-5H3/b21-13+,22-12+/t24?,25-,26+,27+/m0/s1. The highest BCUT2D eigenvalue weighted by Crippen LogP contribution is 2.50. The van der Waals surface area contributed by atoms with E-state index in [0.29, 0.717) is 17.9 Å². The Morgan fingerprint density at radius 3 is 2.46 bits per heavy atom. The topological polar surface area (TPSA) is 12.5 Å². The van der Waals surface area contributed by atoms with Crippen LogP contribution in [0.3, 0.4) is 0 Å². The van der Waals surface area contributed by atoms with Crippen LogP contribution in [-0.4, -0.2) is 11.7 Å². The highest BCUT2D eigenvalue weighted by molar-refractivity contribution is 5.20. The SMILES string of the molecule is C=C(C)C1CC/C(C)=C/CC/C(C)=C/CC[C@@]2(C)O[C@@H]2[C@H]1Cc1ccccc1. The summed E-state index contributed by atoms with van der Waals surface area (Å²) in [6, 6.07) is 10.9. The maximum atomic E-state index is 6.42. The van der Waals surface area contributed by atoms with Crippen LogP contribution in [-0.2, 0) is 11.2 Å². The molecule has 4 atom stereocenters. The second-order valence-corrected chi connectivity index (χ2v) is 9.37. The molecule has 1 aliphatic carbocycles. The van der Waals surface area contributed by atoms with Gasteiger partial charge in [0, 0.05) is 0 Å². The van der Waals surface area contributed by atoms with E-state index >= 15 is 0 Å². The van der Waals surface area contributed by atoms with Crippen molar-refractivity contribution < 1.29 is 4.74 Å². The quantitative estimate of drug-likeness (QED) is 0.393. The molecule has 0 amide bonds. The van der Waals surface area contributed by atoms with E-state index in [1.807, 2.05) is 0 Å². The van der Waals surface area contributed by atoms with Crippen molar-refractivity contribution in [1.82, 2.24) is 0 Å². The van der Waals surface area contributed by atoms with Crippen molar-refractivity contribution in [2.75, 3.05) is 0 Å². The summed E-state index contributed by atoms with van der Waals surface area (Å²) in [5.74, 6) is 1.02. The fraction of sp³-hybridized carbons (Fsp3) is 0.556. The molecule has 1 unspecified atom stereocenters. The molecule has 1 aromatic rings. The summed E-state index contributed by atoms with van der Waals surface area (Å²) in [6.45, 7) is 13.5. The minimum Gasteiger partial charge on any atom is -0.366 e. The zero-order chi connectivity index (χ0) is 20.1. The molecule has 2 aliphatic rings. The van der Waals surface area contributed by atoms with E-state index in [1.54, 1.807) is 0 Å². The first-order valence-corrected chi connectivity index (χ1v) is 11.1. The van der Waals surface area contributed by atoms with Gasteiger partial charge >= 0.3 is 0 Å². The van der Waals surface area contributed by atoms with Gasteiger partial charge in [-0.05, 0) is 90.0 Å². The molecule has 1 aromatic carbocycles. The lowest BCUT2D eigenvalue weighted by Gasteiger charge is -2.28. The number of benzene rings is 1. The van der Waals surface area contributed by atoms with Gasteiger partial charge in [0.2, 0.25) is 0 Å². The molecule has 1 saturated heterocycles. The van der Waals surface area contributed by atoms with Gasteiger partial charge in [0.15, 0.2) is 0 Å². The number of hydrogen-bond acceptors (Lipinski definition) is 1. The van der Waals surface area contributed by atoms with E-state index in [4.69, 9.17) is 4.74 Å². The summed E-state index contributed by atoms with van der Waals surface area (Å²) < 4.78 is 6.42. The van der Waals surface area contributed by atoms with Crippen LogP contribution in [0.4, 0.5) is 0 Å². The Morgan fingerprint density at radius 2 is 1.75 bits per heavy atom. The average Bonchev–Trinajstić information content (AvgIpc) is 3.32. The molecule has 1 nitrogen and oxygen atoms in total. The predicted molar refractivity (Wildman–Crippen MR) is 120 cm³/mol. The zero-order valence-corrected chi connectivity index (χ0v) is 18.3. The first-order valence-electron chi connectivity index (χ1n) is 11.1. The van der Waals surface area contributed by atoms with Gasteiger partial charge in [-0.1, -0.05) is 65.8 Å². The second-order valence-electron chi connectivity index (χ2n) is 9.37. The molecule has 0 radical (unpaired) electrons. The molecule has 3 rings (SSSR count). The number of allylic oxidation sites excluding steroid dienone is 5. The average molecular weight is 379 g/mol. The zero-order valence-electron chi connectivity index (χ0n) is 18.3. The van der Waals surface area contributed by atoms with Crippen LogP contribution in [0.15, 0.2) is 65.8 Å². The van der Waals surface area contributed by atoms with Crippen LogP contribution in [0.5, 0.6) is 0 Å². The third-order valence-corrected chi connectivity index (χ3v) is 6.81. The molecule has 0 N–H and O–H groups in total. The largest absolute Gasteiger partial charge is 0.366 e. The van der Waals surface area contributed by atoms with Crippen molar-refractivity contribution in [2.45, 2.75) is 84.3 Å². The maximum absolute atomic E-state index is 6.42. The van der Waals surface area contributed by atoms with E-state index in [1.165, 1.54) is 35.1 Å². The first-order chi connectivity index (χ1) is 13.4. The van der Waals surface area contributed by atoms with Crippen LogP contribution in [0.2, 0.25) is 0 Å². The Morgan fingerprint density at radius 1 is 1.07 bits per heavy atom. The van der Waals surface area contributed by atoms with Gasteiger partial charge in [0.25, 0.3) is 0 Å². The monoisotopic (exact) mass is 378 g/mol. The second kappa shape index (κ2) is 9.27. The van der Waals surface area contributed by atoms with E-state index in [0.717, 1.165) is 32.1 Å². The van der Waals surface area contributed by atoms with Crippen molar-refractivity contribution in [3.8, 4) is 0 Å². The van der Waals surface area contributed by atoms with Gasteiger partial charge < -0.3 is 4.74 Å². The van der Waals surface area contributed by atoms with Gasteiger partial charge in [-0.3, -0.25) is 0 Å². The lowest BCUT2D eigenvalue weighted by molar-refractivity contribution is 0.244. The van der Waals surface area contributed by atoms with Crippen molar-refractivity contribution in [1.29, 1.82) is 0 Å². The van der Waals surface area contributed by atoms with Crippen LogP contribution >= 0.6 is 0 Å². The van der Waals surface area contributed by atoms with Gasteiger partial charge in [-0.2, -0.15) is 0 Å². The van der Waals surface area contributed by atoms with Crippen molar-refractivity contribution in [3.63, 3.8) is 0 Å². The molecule has 28 heavy (non-hydrogen) atoms. The molecule has 0 spiro atoms. The fourth-order valence-electron chi connectivity index (χ4n) is 4.91. The summed E-state index contributed by atoms with van der Waals surface area (Å²) >= 11 is 0. The minimum atomic E-state index is 0.0267. The van der Waals surface area contributed by atoms with Gasteiger partial charge in [-0.15, -0.1) is 0 Å². The summed E-state index contributed by atoms with van der Waals surface area (Å²) in [4.78, 5) is 0. The Kier molecular flexibility index (Phi) is 6.99. The third kappa shape index (κ3) is 5.47. The lowest BCUT2D eigenvalue weighted by atomic mass is 9.74. The third-order valence-electron chi connectivity index (χ3n) is 6.81. The fourth-order valence-corrected chi connectivity index (χ4v) is 4.91. The van der Waals surface area contributed by atoms with Gasteiger partial charge in [0.05, 0.1) is 11.7 Å². The number of epoxide rings is 1. The summed E-state index contributed by atoms with van der Waals surface area (Å²) in [6.07, 6.45) is 13.2. The minimum absolute atomic E-state index is 0.0267. The highest BCUT2D eigenvalue weighted by atomic mass is 16.6. The Balaban J connectivity index is 1.86. The molecular weight excluding hydrogens is 340 g/mol. The smallest absolute Gasteiger partial charge is 0.0926 e. The summed E-state index contributed by atoms with van der Waals surface area (Å²) in [5.41, 5.74) is 5.80. The summed E-state index contributed by atoms with van der Waals surface area (Å²) in [5, 5.41) is 0.